The summed E-state index contributed by atoms with van der Waals surface area (Å²) in [6.45, 7) is 2.02. The fourth-order valence-electron chi connectivity index (χ4n) is 1.92. The Labute approximate surface area is 128 Å². The first kappa shape index (κ1) is 15.2. The molecule has 1 atom stereocenters. The van der Waals surface area contributed by atoms with Gasteiger partial charge in [0.25, 0.3) is 0 Å². The number of thioether (sulfide) groups is 1. The number of nitrogens with one attached hydrogen (secondary N) is 1. The minimum absolute atomic E-state index is 0.170. The number of hydrogen-bond donors (Lipinski definition) is 2. The molecule has 20 heavy (non-hydrogen) atoms. The van der Waals surface area contributed by atoms with Gasteiger partial charge in [0.05, 0.1) is 0 Å². The van der Waals surface area contributed by atoms with E-state index < -0.39 is 0 Å². The van der Waals surface area contributed by atoms with Crippen LogP contribution < -0.4 is 11.1 Å². The maximum Gasteiger partial charge on any atom is 0.128 e. The lowest BCUT2D eigenvalue weighted by atomic mass is 10.1. The van der Waals surface area contributed by atoms with E-state index in [4.69, 9.17) is 17.3 Å². The van der Waals surface area contributed by atoms with Gasteiger partial charge >= 0.3 is 0 Å². The monoisotopic (exact) mass is 307 g/mol. The highest BCUT2D eigenvalue weighted by Gasteiger charge is 2.14. The highest BCUT2D eigenvalue weighted by molar-refractivity contribution is 7.99. The Morgan fingerprint density at radius 1 is 1.35 bits per heavy atom. The van der Waals surface area contributed by atoms with E-state index in [1.165, 1.54) is 4.90 Å². The number of hydrogen-bond acceptors (Lipinski definition) is 4. The number of aromatic nitrogens is 1. The predicted molar refractivity (Wildman–Crippen MR) is 87.4 cm³/mol. The molecule has 0 bridgehead atoms. The minimum Gasteiger partial charge on any atom is -0.383 e. The number of pyridine rings is 1. The van der Waals surface area contributed by atoms with Crippen molar-refractivity contribution in [3.8, 4) is 0 Å². The number of rotatable bonds is 5. The van der Waals surface area contributed by atoms with Crippen LogP contribution in [0.2, 0.25) is 5.02 Å². The zero-order valence-electron chi connectivity index (χ0n) is 11.6. The summed E-state index contributed by atoms with van der Waals surface area (Å²) >= 11 is 7.66. The molecule has 0 radical (unpaired) electrons. The van der Waals surface area contributed by atoms with Crippen molar-refractivity contribution in [2.75, 3.05) is 18.5 Å². The third-order valence-electron chi connectivity index (χ3n) is 3.04. The second-order valence-corrected chi connectivity index (χ2v) is 6.12. The van der Waals surface area contributed by atoms with Crippen molar-refractivity contribution >= 4 is 29.2 Å². The Morgan fingerprint density at radius 2 is 2.05 bits per heavy atom. The van der Waals surface area contributed by atoms with Crippen LogP contribution in [0.5, 0.6) is 0 Å². The summed E-state index contributed by atoms with van der Waals surface area (Å²) in [6, 6.07) is 10.1. The van der Waals surface area contributed by atoms with Crippen LogP contribution in [0.25, 0.3) is 0 Å². The lowest BCUT2D eigenvalue weighted by Crippen LogP contribution is -2.20. The van der Waals surface area contributed by atoms with Gasteiger partial charge in [-0.1, -0.05) is 11.6 Å². The summed E-state index contributed by atoms with van der Waals surface area (Å²) in [5, 5.41) is 4.06. The van der Waals surface area contributed by atoms with Crippen LogP contribution in [0, 0.1) is 6.92 Å². The van der Waals surface area contributed by atoms with E-state index in [2.05, 4.69) is 16.4 Å². The van der Waals surface area contributed by atoms with Gasteiger partial charge in [-0.2, -0.15) is 0 Å². The van der Waals surface area contributed by atoms with Crippen LogP contribution >= 0.6 is 23.4 Å². The number of benzene rings is 1. The molecule has 0 amide bonds. The molecular formula is C15H18ClN3S. The van der Waals surface area contributed by atoms with Crippen molar-refractivity contribution in [3.05, 3.63) is 52.7 Å². The van der Waals surface area contributed by atoms with Crippen molar-refractivity contribution in [1.29, 1.82) is 0 Å². The third kappa shape index (κ3) is 3.88. The molecule has 0 aliphatic carbocycles. The number of halogens is 1. The fraction of sp³-hybridized carbons (Fsp3) is 0.267. The zero-order valence-corrected chi connectivity index (χ0v) is 13.1. The summed E-state index contributed by atoms with van der Waals surface area (Å²) in [7, 11) is 1.94. The van der Waals surface area contributed by atoms with E-state index in [-0.39, 0.29) is 6.04 Å². The lowest BCUT2D eigenvalue weighted by molar-refractivity contribution is 0.661. The van der Waals surface area contributed by atoms with Crippen LogP contribution in [0.3, 0.4) is 0 Å². The first-order chi connectivity index (χ1) is 9.60. The molecule has 0 fully saturated rings. The summed E-state index contributed by atoms with van der Waals surface area (Å²) in [4.78, 5) is 5.41. The smallest absolute Gasteiger partial charge is 0.128 e. The van der Waals surface area contributed by atoms with E-state index in [0.717, 1.165) is 21.9 Å². The molecule has 0 saturated heterocycles. The van der Waals surface area contributed by atoms with Crippen molar-refractivity contribution in [3.63, 3.8) is 0 Å². The maximum absolute atomic E-state index is 5.98. The number of nitrogens with two attached hydrogens (primary N) is 1. The van der Waals surface area contributed by atoms with Crippen molar-refractivity contribution in [2.45, 2.75) is 17.9 Å². The second-order valence-electron chi connectivity index (χ2n) is 4.59. The molecule has 0 aliphatic heterocycles. The van der Waals surface area contributed by atoms with Gasteiger partial charge in [0.1, 0.15) is 5.82 Å². The molecule has 0 spiro atoms. The molecular weight excluding hydrogens is 290 g/mol. The summed E-state index contributed by atoms with van der Waals surface area (Å²) < 4.78 is 0. The molecule has 3 N–H and O–H groups in total. The van der Waals surface area contributed by atoms with Crippen LogP contribution in [0.1, 0.15) is 17.2 Å². The van der Waals surface area contributed by atoms with Gasteiger partial charge in [0, 0.05) is 33.5 Å². The quantitative estimate of drug-likeness (QED) is 0.827. The van der Waals surface area contributed by atoms with E-state index in [1.54, 1.807) is 18.0 Å². The predicted octanol–water partition coefficient (Wildman–Crippen LogP) is 3.68. The van der Waals surface area contributed by atoms with Gasteiger partial charge in [-0.05, 0) is 49.9 Å². The fourth-order valence-corrected chi connectivity index (χ4v) is 3.08. The highest BCUT2D eigenvalue weighted by atomic mass is 35.5. The van der Waals surface area contributed by atoms with E-state index in [1.807, 2.05) is 38.2 Å². The Morgan fingerprint density at radius 3 is 2.70 bits per heavy atom. The van der Waals surface area contributed by atoms with E-state index >= 15 is 0 Å². The van der Waals surface area contributed by atoms with Crippen LogP contribution in [-0.2, 0) is 0 Å². The molecule has 3 nitrogen and oxygen atoms in total. The Balaban J connectivity index is 2.09. The van der Waals surface area contributed by atoms with Gasteiger partial charge in [-0.3, -0.25) is 0 Å². The molecule has 106 valence electrons. The van der Waals surface area contributed by atoms with Gasteiger partial charge in [-0.25, -0.2) is 4.98 Å². The number of aryl methyl sites for hydroxylation is 1. The minimum atomic E-state index is 0.170. The van der Waals surface area contributed by atoms with Crippen LogP contribution in [0.4, 0.5) is 5.82 Å². The average Bonchev–Trinajstić information content (AvgIpc) is 2.45. The van der Waals surface area contributed by atoms with Gasteiger partial charge in [0.15, 0.2) is 0 Å². The first-order valence-corrected chi connectivity index (χ1v) is 7.74. The third-order valence-corrected chi connectivity index (χ3v) is 4.40. The molecule has 2 aromatic rings. The van der Waals surface area contributed by atoms with Crippen molar-refractivity contribution in [1.82, 2.24) is 10.3 Å². The number of anilines is 1. The topological polar surface area (TPSA) is 50.9 Å². The zero-order chi connectivity index (χ0) is 14.5. The summed E-state index contributed by atoms with van der Waals surface area (Å²) in [5.41, 5.74) is 8.14. The first-order valence-electron chi connectivity index (χ1n) is 6.38. The second kappa shape index (κ2) is 6.97. The molecule has 1 heterocycles. The molecule has 5 heteroatoms. The maximum atomic E-state index is 5.98. The molecule has 0 aliphatic rings. The Hall–Kier alpha value is -1.23. The van der Waals surface area contributed by atoms with E-state index in [0.29, 0.717) is 5.82 Å². The van der Waals surface area contributed by atoms with Crippen LogP contribution in [0.15, 0.2) is 41.4 Å². The molecule has 2 rings (SSSR count). The highest BCUT2D eigenvalue weighted by Crippen LogP contribution is 2.28. The normalized spacial score (nSPS) is 12.3. The number of nitrogen functional groups attached to an aromatic ring is 1. The van der Waals surface area contributed by atoms with Gasteiger partial charge < -0.3 is 11.1 Å². The Bertz CT molecular complexity index is 572. The average molecular weight is 308 g/mol. The van der Waals surface area contributed by atoms with E-state index in [9.17, 15) is 0 Å². The number of nitrogens with zero attached hydrogens (tertiary/aromatic N) is 1. The SMILES string of the molecule is CNC(CSc1ccc(Cl)cc1)c1cc(C)cnc1N. The van der Waals surface area contributed by atoms with Crippen LogP contribution in [-0.4, -0.2) is 17.8 Å². The van der Waals surface area contributed by atoms with Gasteiger partial charge in [-0.15, -0.1) is 11.8 Å². The van der Waals surface area contributed by atoms with Crippen molar-refractivity contribution < 1.29 is 0 Å². The summed E-state index contributed by atoms with van der Waals surface area (Å²) in [5.74, 6) is 1.47. The molecule has 1 aromatic carbocycles. The largest absolute Gasteiger partial charge is 0.383 e. The summed E-state index contributed by atoms with van der Waals surface area (Å²) in [6.07, 6.45) is 1.79. The Kier molecular flexibility index (Phi) is 5.29. The van der Waals surface area contributed by atoms with Crippen molar-refractivity contribution in [2.24, 2.45) is 0 Å². The standard InChI is InChI=1S/C15H18ClN3S/c1-10-7-13(15(17)19-8-10)14(18-2)9-20-12-5-3-11(16)4-6-12/h3-8,14,18H,9H2,1-2H3,(H2,17,19). The molecule has 0 saturated carbocycles. The molecule has 1 unspecified atom stereocenters. The lowest BCUT2D eigenvalue weighted by Gasteiger charge is -2.18. The van der Waals surface area contributed by atoms with Gasteiger partial charge in [0.2, 0.25) is 0 Å². The molecule has 1 aromatic heterocycles.